The molecule has 0 aromatic rings. The molecule has 0 fully saturated rings. The van der Waals surface area contributed by atoms with E-state index in [0.717, 1.165) is 12.3 Å². The lowest BCUT2D eigenvalue weighted by Crippen LogP contribution is -2.08. The van der Waals surface area contributed by atoms with Gasteiger partial charge in [0.2, 0.25) is 0 Å². The lowest BCUT2D eigenvalue weighted by molar-refractivity contribution is 0.554. The van der Waals surface area contributed by atoms with Crippen LogP contribution >= 0.6 is 0 Å². The second kappa shape index (κ2) is 4.78. The van der Waals surface area contributed by atoms with Crippen LogP contribution in [0, 0.1) is 11.3 Å². The molecule has 0 amide bonds. The molecule has 0 N–H and O–H groups in total. The van der Waals surface area contributed by atoms with Crippen LogP contribution < -0.4 is 0 Å². The highest BCUT2D eigenvalue weighted by Crippen LogP contribution is 2.25. The molecule has 1 heteroatoms. The van der Waals surface area contributed by atoms with Crippen LogP contribution in [0.4, 0.5) is 0 Å². The number of allylic oxidation sites excluding steroid dienone is 4. The first kappa shape index (κ1) is 12.2. The van der Waals surface area contributed by atoms with E-state index in [-0.39, 0.29) is 5.41 Å². The van der Waals surface area contributed by atoms with Crippen LogP contribution in [0.2, 0.25) is 0 Å². The Labute approximate surface area is 94.0 Å². The molecule has 0 aliphatic carbocycles. The van der Waals surface area contributed by atoms with Crippen molar-refractivity contribution in [3.05, 3.63) is 23.4 Å². The molecule has 1 aliphatic heterocycles. The van der Waals surface area contributed by atoms with E-state index < -0.39 is 0 Å². The molecule has 0 bridgehead atoms. The van der Waals surface area contributed by atoms with Crippen LogP contribution in [0.25, 0.3) is 0 Å². The monoisotopic (exact) mass is 205 g/mol. The van der Waals surface area contributed by atoms with E-state index in [2.05, 4.69) is 58.0 Å². The lowest BCUT2D eigenvalue weighted by atomic mass is 9.93. The van der Waals surface area contributed by atoms with Crippen molar-refractivity contribution in [2.24, 2.45) is 16.3 Å². The van der Waals surface area contributed by atoms with Gasteiger partial charge < -0.3 is 0 Å². The Morgan fingerprint density at radius 2 is 2.07 bits per heavy atom. The zero-order valence-corrected chi connectivity index (χ0v) is 10.7. The molecular weight excluding hydrogens is 182 g/mol. The van der Waals surface area contributed by atoms with Crippen molar-refractivity contribution in [3.8, 4) is 0 Å². The number of rotatable bonds is 3. The predicted molar refractivity (Wildman–Crippen MR) is 68.2 cm³/mol. The summed E-state index contributed by atoms with van der Waals surface area (Å²) in [4.78, 5) is 4.60. The van der Waals surface area contributed by atoms with Crippen LogP contribution in [-0.4, -0.2) is 6.21 Å². The third-order valence-corrected chi connectivity index (χ3v) is 2.81. The molecular formula is C14H23N. The van der Waals surface area contributed by atoms with Gasteiger partial charge in [-0.1, -0.05) is 45.8 Å². The van der Waals surface area contributed by atoms with Gasteiger partial charge in [-0.3, -0.25) is 4.99 Å². The minimum absolute atomic E-state index is 0.0950. The first-order chi connectivity index (χ1) is 6.93. The average Bonchev–Trinajstić information content (AvgIpc) is 2.24. The van der Waals surface area contributed by atoms with Crippen LogP contribution in [0.3, 0.4) is 0 Å². The van der Waals surface area contributed by atoms with Crippen LogP contribution in [0.1, 0.15) is 47.5 Å². The molecule has 0 saturated heterocycles. The highest BCUT2D eigenvalue weighted by Gasteiger charge is 2.14. The van der Waals surface area contributed by atoms with E-state index in [4.69, 9.17) is 0 Å². The second-order valence-electron chi connectivity index (χ2n) is 5.32. The third-order valence-electron chi connectivity index (χ3n) is 2.81. The summed E-state index contributed by atoms with van der Waals surface area (Å²) >= 11 is 0. The molecule has 1 heterocycles. The lowest BCUT2D eigenvalue weighted by Gasteiger charge is -2.12. The fourth-order valence-electron chi connectivity index (χ4n) is 1.83. The van der Waals surface area contributed by atoms with Gasteiger partial charge in [0, 0.05) is 17.3 Å². The van der Waals surface area contributed by atoms with Crippen LogP contribution in [-0.2, 0) is 0 Å². The van der Waals surface area contributed by atoms with Crippen LogP contribution in [0.15, 0.2) is 28.4 Å². The van der Waals surface area contributed by atoms with Gasteiger partial charge in [0.15, 0.2) is 0 Å². The van der Waals surface area contributed by atoms with Gasteiger partial charge in [0.05, 0.1) is 0 Å². The first-order valence-corrected chi connectivity index (χ1v) is 5.88. The van der Waals surface area contributed by atoms with E-state index in [0.29, 0.717) is 0 Å². The number of aliphatic imine (C=N–C) groups is 1. The van der Waals surface area contributed by atoms with Gasteiger partial charge in [-0.05, 0) is 25.3 Å². The second-order valence-corrected chi connectivity index (χ2v) is 5.32. The standard InChI is InChI=1S/C14H23N/c1-6-11(2)7-13-8-12(3)9-14(4,5)10-15-13/h8-11H,6-7H2,1-5H3. The van der Waals surface area contributed by atoms with Crippen LogP contribution in [0.5, 0.6) is 0 Å². The summed E-state index contributed by atoms with van der Waals surface area (Å²) in [7, 11) is 0. The summed E-state index contributed by atoms with van der Waals surface area (Å²) in [6.07, 6.45) is 8.88. The average molecular weight is 205 g/mol. The van der Waals surface area contributed by atoms with Gasteiger partial charge >= 0.3 is 0 Å². The van der Waals surface area contributed by atoms with E-state index in [9.17, 15) is 0 Å². The van der Waals surface area contributed by atoms with Crippen molar-refractivity contribution in [2.75, 3.05) is 0 Å². The van der Waals surface area contributed by atoms with Gasteiger partial charge in [0.25, 0.3) is 0 Å². The van der Waals surface area contributed by atoms with Gasteiger partial charge in [-0.25, -0.2) is 0 Å². The Balaban J connectivity index is 2.81. The quantitative estimate of drug-likeness (QED) is 0.649. The first-order valence-electron chi connectivity index (χ1n) is 5.88. The zero-order chi connectivity index (χ0) is 11.5. The summed E-state index contributed by atoms with van der Waals surface area (Å²) in [5.74, 6) is 0.724. The maximum Gasteiger partial charge on any atom is 0.0405 e. The fraction of sp³-hybridized carbons (Fsp3) is 0.643. The van der Waals surface area contributed by atoms with Crippen molar-refractivity contribution in [3.63, 3.8) is 0 Å². The molecule has 84 valence electrons. The van der Waals surface area contributed by atoms with Crippen molar-refractivity contribution >= 4 is 6.21 Å². The molecule has 1 rings (SSSR count). The van der Waals surface area contributed by atoms with Gasteiger partial charge in [-0.15, -0.1) is 0 Å². The van der Waals surface area contributed by atoms with Crippen molar-refractivity contribution in [2.45, 2.75) is 47.5 Å². The smallest absolute Gasteiger partial charge is 0.0405 e. The summed E-state index contributed by atoms with van der Waals surface area (Å²) in [6.45, 7) is 11.1. The Morgan fingerprint density at radius 3 is 2.67 bits per heavy atom. The van der Waals surface area contributed by atoms with Crippen molar-refractivity contribution < 1.29 is 0 Å². The van der Waals surface area contributed by atoms with Crippen molar-refractivity contribution in [1.29, 1.82) is 0 Å². The van der Waals surface area contributed by atoms with E-state index >= 15 is 0 Å². The maximum atomic E-state index is 4.60. The highest BCUT2D eigenvalue weighted by molar-refractivity contribution is 5.70. The Bertz CT molecular complexity index is 305. The predicted octanol–water partition coefficient (Wildman–Crippen LogP) is 4.36. The molecule has 0 aromatic carbocycles. The Hall–Kier alpha value is -0.850. The largest absolute Gasteiger partial charge is 0.265 e. The van der Waals surface area contributed by atoms with E-state index in [1.165, 1.54) is 17.7 Å². The minimum Gasteiger partial charge on any atom is -0.265 e. The number of hydrogen-bond donors (Lipinski definition) is 0. The molecule has 0 radical (unpaired) electrons. The maximum absolute atomic E-state index is 4.60. The minimum atomic E-state index is 0.0950. The van der Waals surface area contributed by atoms with Crippen molar-refractivity contribution in [1.82, 2.24) is 0 Å². The summed E-state index contributed by atoms with van der Waals surface area (Å²) in [6, 6.07) is 0. The van der Waals surface area contributed by atoms with Gasteiger partial charge in [-0.2, -0.15) is 0 Å². The summed E-state index contributed by atoms with van der Waals surface area (Å²) in [5.41, 5.74) is 2.65. The summed E-state index contributed by atoms with van der Waals surface area (Å²) in [5, 5.41) is 0. The Kier molecular flexibility index (Phi) is 3.90. The molecule has 1 nitrogen and oxygen atoms in total. The normalized spacial score (nSPS) is 21.7. The number of nitrogens with zero attached hydrogens (tertiary/aromatic N) is 1. The SMILES string of the molecule is CCC(C)CC1=CC(C)=CC(C)(C)C=N1. The topological polar surface area (TPSA) is 12.4 Å². The molecule has 15 heavy (non-hydrogen) atoms. The fourth-order valence-corrected chi connectivity index (χ4v) is 1.83. The molecule has 0 spiro atoms. The molecule has 1 unspecified atom stereocenters. The molecule has 1 atom stereocenters. The molecule has 0 aromatic heterocycles. The highest BCUT2D eigenvalue weighted by atomic mass is 14.7. The van der Waals surface area contributed by atoms with E-state index in [1.54, 1.807) is 0 Å². The van der Waals surface area contributed by atoms with Gasteiger partial charge in [0.1, 0.15) is 0 Å². The zero-order valence-electron chi connectivity index (χ0n) is 10.7. The number of hydrogen-bond acceptors (Lipinski definition) is 1. The van der Waals surface area contributed by atoms with E-state index in [1.807, 2.05) is 0 Å². The summed E-state index contributed by atoms with van der Waals surface area (Å²) < 4.78 is 0. The molecule has 1 aliphatic rings. The Morgan fingerprint density at radius 1 is 1.40 bits per heavy atom. The third kappa shape index (κ3) is 4.03. The molecule has 0 saturated carbocycles.